The van der Waals surface area contributed by atoms with E-state index in [1.165, 1.54) is 12.3 Å². The van der Waals surface area contributed by atoms with Crippen LogP contribution in [0.3, 0.4) is 0 Å². The van der Waals surface area contributed by atoms with E-state index in [1.807, 2.05) is 30.3 Å². The number of ether oxygens (including phenoxy) is 1. The van der Waals surface area contributed by atoms with Crippen LogP contribution in [0.5, 0.6) is 5.75 Å². The van der Waals surface area contributed by atoms with Gasteiger partial charge in [-0.15, -0.1) is 0 Å². The first kappa shape index (κ1) is 14.1. The number of nitrogens with zero attached hydrogens (tertiary/aromatic N) is 1. The number of aromatic carboxylic acids is 1. The summed E-state index contributed by atoms with van der Waals surface area (Å²) in [6.07, 6.45) is 1.40. The van der Waals surface area contributed by atoms with Gasteiger partial charge >= 0.3 is 5.97 Å². The minimum Gasteiger partial charge on any atom is -0.492 e. The van der Waals surface area contributed by atoms with Crippen LogP contribution in [0.4, 0.5) is 5.82 Å². The van der Waals surface area contributed by atoms with Gasteiger partial charge in [0.1, 0.15) is 18.2 Å². The number of rotatable bonds is 6. The van der Waals surface area contributed by atoms with Crippen LogP contribution < -0.4 is 10.1 Å². The summed E-state index contributed by atoms with van der Waals surface area (Å²) in [6.45, 7) is 0.879. The number of nitrogens with one attached hydrogen (secondary N) is 1. The van der Waals surface area contributed by atoms with E-state index in [2.05, 4.69) is 10.3 Å². The molecule has 0 amide bonds. The van der Waals surface area contributed by atoms with Gasteiger partial charge in [0.2, 0.25) is 0 Å². The Labute approximate surface area is 121 Å². The summed E-state index contributed by atoms with van der Waals surface area (Å²) in [5.41, 5.74) is 0.0214. The van der Waals surface area contributed by atoms with Gasteiger partial charge < -0.3 is 15.2 Å². The average Bonchev–Trinajstić information content (AvgIpc) is 2.46. The largest absolute Gasteiger partial charge is 0.492 e. The highest BCUT2D eigenvalue weighted by Gasteiger charge is 2.12. The van der Waals surface area contributed by atoms with Crippen LogP contribution in [0.2, 0.25) is 5.02 Å². The Morgan fingerprint density at radius 2 is 2.05 bits per heavy atom. The Bertz CT molecular complexity index is 590. The summed E-state index contributed by atoms with van der Waals surface area (Å²) < 4.78 is 5.50. The topological polar surface area (TPSA) is 71.5 Å². The molecule has 0 aliphatic carbocycles. The van der Waals surface area contributed by atoms with Crippen molar-refractivity contribution in [3.05, 3.63) is 53.2 Å². The van der Waals surface area contributed by atoms with Crippen LogP contribution in [-0.2, 0) is 0 Å². The number of hydrogen-bond donors (Lipinski definition) is 2. The third-order valence-corrected chi connectivity index (χ3v) is 2.91. The third-order valence-electron chi connectivity index (χ3n) is 2.53. The molecular formula is C14H13ClN2O3. The molecule has 20 heavy (non-hydrogen) atoms. The maximum Gasteiger partial charge on any atom is 0.337 e. The SMILES string of the molecule is O=C(O)c1ccnc(NCCOc2ccccc2)c1Cl. The van der Waals surface area contributed by atoms with Crippen molar-refractivity contribution >= 4 is 23.4 Å². The monoisotopic (exact) mass is 292 g/mol. The summed E-state index contributed by atoms with van der Waals surface area (Å²) in [5, 5.41) is 12.0. The van der Waals surface area contributed by atoms with Gasteiger partial charge in [-0.1, -0.05) is 29.8 Å². The van der Waals surface area contributed by atoms with E-state index in [4.69, 9.17) is 21.4 Å². The summed E-state index contributed by atoms with van der Waals surface area (Å²) in [5.74, 6) is 0.0249. The zero-order chi connectivity index (χ0) is 14.4. The molecule has 0 fully saturated rings. The highest BCUT2D eigenvalue weighted by atomic mass is 35.5. The van der Waals surface area contributed by atoms with Gasteiger partial charge in [-0.2, -0.15) is 0 Å². The second-order valence-electron chi connectivity index (χ2n) is 3.91. The van der Waals surface area contributed by atoms with Gasteiger partial charge in [-0.05, 0) is 18.2 Å². The lowest BCUT2D eigenvalue weighted by Crippen LogP contribution is -2.13. The van der Waals surface area contributed by atoms with Crippen molar-refractivity contribution in [1.29, 1.82) is 0 Å². The number of pyridine rings is 1. The van der Waals surface area contributed by atoms with Crippen molar-refractivity contribution in [2.75, 3.05) is 18.5 Å². The third kappa shape index (κ3) is 3.61. The van der Waals surface area contributed by atoms with Crippen molar-refractivity contribution < 1.29 is 14.6 Å². The van der Waals surface area contributed by atoms with Crippen molar-refractivity contribution in [3.63, 3.8) is 0 Å². The summed E-state index contributed by atoms with van der Waals surface area (Å²) >= 11 is 5.95. The minimum absolute atomic E-state index is 0.0214. The van der Waals surface area contributed by atoms with E-state index in [1.54, 1.807) is 0 Å². The first-order chi connectivity index (χ1) is 9.68. The minimum atomic E-state index is -1.08. The number of anilines is 1. The molecule has 0 saturated heterocycles. The van der Waals surface area contributed by atoms with Crippen LogP contribution in [-0.4, -0.2) is 29.2 Å². The summed E-state index contributed by atoms with van der Waals surface area (Å²) in [6, 6.07) is 10.8. The molecule has 0 bridgehead atoms. The van der Waals surface area contributed by atoms with Gasteiger partial charge in [0.15, 0.2) is 0 Å². The zero-order valence-corrected chi connectivity index (χ0v) is 11.3. The number of hydrogen-bond acceptors (Lipinski definition) is 4. The maximum absolute atomic E-state index is 10.9. The molecule has 0 unspecified atom stereocenters. The smallest absolute Gasteiger partial charge is 0.337 e. The Kier molecular flexibility index (Phi) is 4.79. The first-order valence-electron chi connectivity index (χ1n) is 5.98. The van der Waals surface area contributed by atoms with E-state index in [0.717, 1.165) is 5.75 Å². The lowest BCUT2D eigenvalue weighted by Gasteiger charge is -2.10. The zero-order valence-electron chi connectivity index (χ0n) is 10.5. The maximum atomic E-state index is 10.9. The van der Waals surface area contributed by atoms with E-state index < -0.39 is 5.97 Å². The van der Waals surface area contributed by atoms with Crippen molar-refractivity contribution in [2.24, 2.45) is 0 Å². The van der Waals surface area contributed by atoms with Crippen LogP contribution in [0.25, 0.3) is 0 Å². The lowest BCUT2D eigenvalue weighted by molar-refractivity contribution is 0.0697. The number of carbonyl (C=O) groups is 1. The first-order valence-corrected chi connectivity index (χ1v) is 6.36. The lowest BCUT2D eigenvalue weighted by atomic mass is 10.2. The number of carboxylic acid groups (broad SMARTS) is 1. The molecule has 1 aromatic heterocycles. The molecule has 0 aliphatic rings. The fourth-order valence-corrected chi connectivity index (χ4v) is 1.85. The molecule has 104 valence electrons. The van der Waals surface area contributed by atoms with E-state index in [-0.39, 0.29) is 10.6 Å². The average molecular weight is 293 g/mol. The van der Waals surface area contributed by atoms with Crippen molar-refractivity contribution in [2.45, 2.75) is 0 Å². The molecule has 5 nitrogen and oxygen atoms in total. The van der Waals surface area contributed by atoms with Crippen LogP contribution >= 0.6 is 11.6 Å². The molecule has 0 saturated carbocycles. The van der Waals surface area contributed by atoms with E-state index in [0.29, 0.717) is 19.0 Å². The van der Waals surface area contributed by atoms with Gasteiger partial charge in [-0.25, -0.2) is 9.78 Å². The Morgan fingerprint density at radius 1 is 1.30 bits per heavy atom. The highest BCUT2D eigenvalue weighted by Crippen LogP contribution is 2.23. The fourth-order valence-electron chi connectivity index (χ4n) is 1.59. The molecule has 2 N–H and O–H groups in total. The van der Waals surface area contributed by atoms with Crippen LogP contribution in [0, 0.1) is 0 Å². The van der Waals surface area contributed by atoms with Crippen LogP contribution in [0.1, 0.15) is 10.4 Å². The number of benzene rings is 1. The van der Waals surface area contributed by atoms with E-state index in [9.17, 15) is 4.79 Å². The molecule has 0 atom stereocenters. The van der Waals surface area contributed by atoms with Crippen molar-refractivity contribution in [3.8, 4) is 5.75 Å². The second-order valence-corrected chi connectivity index (χ2v) is 4.29. The van der Waals surface area contributed by atoms with Crippen molar-refractivity contribution in [1.82, 2.24) is 4.98 Å². The van der Waals surface area contributed by atoms with Gasteiger partial charge in [0.25, 0.3) is 0 Å². The molecule has 1 aromatic carbocycles. The van der Waals surface area contributed by atoms with Gasteiger partial charge in [0.05, 0.1) is 17.1 Å². The number of halogens is 1. The quantitative estimate of drug-likeness (QED) is 0.801. The Balaban J connectivity index is 1.88. The molecule has 0 radical (unpaired) electrons. The molecule has 0 spiro atoms. The molecule has 0 aliphatic heterocycles. The van der Waals surface area contributed by atoms with Gasteiger partial charge in [0, 0.05) is 6.20 Å². The molecule has 1 heterocycles. The Hall–Kier alpha value is -2.27. The number of aromatic nitrogens is 1. The second kappa shape index (κ2) is 6.77. The summed E-state index contributed by atoms with van der Waals surface area (Å²) in [4.78, 5) is 14.9. The summed E-state index contributed by atoms with van der Waals surface area (Å²) in [7, 11) is 0. The van der Waals surface area contributed by atoms with Gasteiger partial charge in [-0.3, -0.25) is 0 Å². The molecule has 2 aromatic rings. The normalized spacial score (nSPS) is 10.1. The Morgan fingerprint density at radius 3 is 2.75 bits per heavy atom. The molecule has 2 rings (SSSR count). The molecule has 6 heteroatoms. The predicted octanol–water partition coefficient (Wildman–Crippen LogP) is 2.92. The van der Waals surface area contributed by atoms with E-state index >= 15 is 0 Å². The standard InChI is InChI=1S/C14H13ClN2O3/c15-12-11(14(18)19)6-7-16-13(12)17-8-9-20-10-4-2-1-3-5-10/h1-7H,8-9H2,(H,16,17)(H,18,19). The number of carboxylic acids is 1. The fraction of sp³-hybridized carbons (Fsp3) is 0.143. The highest BCUT2D eigenvalue weighted by molar-refractivity contribution is 6.35. The van der Waals surface area contributed by atoms with Crippen LogP contribution in [0.15, 0.2) is 42.6 Å². The number of para-hydroxylation sites is 1. The molecular weight excluding hydrogens is 280 g/mol. The predicted molar refractivity (Wildman–Crippen MR) is 76.6 cm³/mol.